The summed E-state index contributed by atoms with van der Waals surface area (Å²) in [6.07, 6.45) is 6.49. The molecule has 1 aliphatic heterocycles. The van der Waals surface area contributed by atoms with Crippen LogP contribution in [0.1, 0.15) is 39.0 Å². The fraction of sp³-hybridized carbons (Fsp3) is 1.00. The van der Waals surface area contributed by atoms with Crippen molar-refractivity contribution in [1.82, 2.24) is 10.2 Å². The number of nitrogens with one attached hydrogen (secondary N) is 1. The Morgan fingerprint density at radius 1 is 1.24 bits per heavy atom. The first-order valence-electron chi connectivity index (χ1n) is 7.28. The topological polar surface area (TPSA) is 24.5 Å². The molecule has 102 valence electrons. The maximum Gasteiger partial charge on any atom is 0.0462 e. The number of methoxy groups -OCH3 is 1. The van der Waals surface area contributed by atoms with E-state index in [1.807, 2.05) is 0 Å². The lowest BCUT2D eigenvalue weighted by Crippen LogP contribution is -2.37. The smallest absolute Gasteiger partial charge is 0.0462 e. The first-order valence-corrected chi connectivity index (χ1v) is 7.28. The molecule has 0 aromatic heterocycles. The number of ether oxygens (including phenoxy) is 1. The molecule has 1 saturated heterocycles. The molecule has 1 rings (SSSR count). The second-order valence-electron chi connectivity index (χ2n) is 5.19. The van der Waals surface area contributed by atoms with Crippen LogP contribution in [0.4, 0.5) is 0 Å². The lowest BCUT2D eigenvalue weighted by Gasteiger charge is -2.32. The zero-order valence-electron chi connectivity index (χ0n) is 11.7. The largest absolute Gasteiger partial charge is 0.385 e. The molecule has 0 radical (unpaired) electrons. The molecule has 3 heteroatoms. The first-order chi connectivity index (χ1) is 8.36. The highest BCUT2D eigenvalue weighted by Gasteiger charge is 2.17. The first kappa shape index (κ1) is 14.9. The van der Waals surface area contributed by atoms with Crippen molar-refractivity contribution >= 4 is 0 Å². The molecule has 3 nitrogen and oxygen atoms in total. The van der Waals surface area contributed by atoms with E-state index in [1.165, 1.54) is 64.8 Å². The summed E-state index contributed by atoms with van der Waals surface area (Å²) < 4.78 is 5.08. The number of hydrogen-bond donors (Lipinski definition) is 1. The van der Waals surface area contributed by atoms with Crippen molar-refractivity contribution in [2.75, 3.05) is 46.4 Å². The Hall–Kier alpha value is -0.120. The summed E-state index contributed by atoms with van der Waals surface area (Å²) in [5.41, 5.74) is 0. The minimum atomic E-state index is 0.914. The Balaban J connectivity index is 1.97. The van der Waals surface area contributed by atoms with Crippen LogP contribution in [0.25, 0.3) is 0 Å². The minimum absolute atomic E-state index is 0.914. The molecule has 0 aromatic carbocycles. The molecule has 0 atom stereocenters. The SMILES string of the molecule is CCCNCC1CCN(CCCCOC)CC1. The summed E-state index contributed by atoms with van der Waals surface area (Å²) in [7, 11) is 1.79. The van der Waals surface area contributed by atoms with Gasteiger partial charge in [0.1, 0.15) is 0 Å². The van der Waals surface area contributed by atoms with Crippen LogP contribution in [-0.2, 0) is 4.74 Å². The van der Waals surface area contributed by atoms with Crippen molar-refractivity contribution in [2.45, 2.75) is 39.0 Å². The maximum absolute atomic E-state index is 5.08. The zero-order valence-corrected chi connectivity index (χ0v) is 11.7. The van der Waals surface area contributed by atoms with E-state index in [4.69, 9.17) is 4.74 Å². The van der Waals surface area contributed by atoms with Crippen molar-refractivity contribution in [3.05, 3.63) is 0 Å². The molecule has 0 saturated carbocycles. The van der Waals surface area contributed by atoms with Gasteiger partial charge >= 0.3 is 0 Å². The Morgan fingerprint density at radius 2 is 2.00 bits per heavy atom. The third kappa shape index (κ3) is 7.02. The Kier molecular flexibility index (Phi) is 8.67. The average Bonchev–Trinajstić information content (AvgIpc) is 2.37. The lowest BCUT2D eigenvalue weighted by molar-refractivity contribution is 0.161. The van der Waals surface area contributed by atoms with Gasteiger partial charge in [-0.05, 0) is 70.7 Å². The summed E-state index contributed by atoms with van der Waals surface area (Å²) in [6.45, 7) is 9.41. The van der Waals surface area contributed by atoms with Crippen molar-refractivity contribution in [2.24, 2.45) is 5.92 Å². The van der Waals surface area contributed by atoms with Gasteiger partial charge in [-0.15, -0.1) is 0 Å². The van der Waals surface area contributed by atoms with Crippen LogP contribution in [-0.4, -0.2) is 51.3 Å². The van der Waals surface area contributed by atoms with Crippen molar-refractivity contribution in [1.29, 1.82) is 0 Å². The Labute approximate surface area is 107 Å². The second kappa shape index (κ2) is 9.86. The standard InChI is InChI=1S/C14H30N2O/c1-3-8-15-13-14-6-10-16(11-7-14)9-4-5-12-17-2/h14-15H,3-13H2,1-2H3. The van der Waals surface area contributed by atoms with Crippen LogP contribution < -0.4 is 5.32 Å². The highest BCUT2D eigenvalue weighted by Crippen LogP contribution is 2.16. The Morgan fingerprint density at radius 3 is 2.65 bits per heavy atom. The number of hydrogen-bond acceptors (Lipinski definition) is 3. The molecule has 0 bridgehead atoms. The van der Waals surface area contributed by atoms with E-state index in [9.17, 15) is 0 Å². The molecule has 1 aliphatic rings. The van der Waals surface area contributed by atoms with Gasteiger partial charge in [0.05, 0.1) is 0 Å². The highest BCUT2D eigenvalue weighted by molar-refractivity contribution is 4.73. The highest BCUT2D eigenvalue weighted by atomic mass is 16.5. The predicted molar refractivity (Wildman–Crippen MR) is 73.4 cm³/mol. The summed E-state index contributed by atoms with van der Waals surface area (Å²) in [5, 5.41) is 3.54. The van der Waals surface area contributed by atoms with Crippen LogP contribution in [0.2, 0.25) is 0 Å². The van der Waals surface area contributed by atoms with E-state index in [0.29, 0.717) is 0 Å². The van der Waals surface area contributed by atoms with Crippen LogP contribution in [0.5, 0.6) is 0 Å². The number of unbranched alkanes of at least 4 members (excludes halogenated alkanes) is 1. The van der Waals surface area contributed by atoms with Gasteiger partial charge in [0, 0.05) is 13.7 Å². The van der Waals surface area contributed by atoms with Gasteiger partial charge in [-0.3, -0.25) is 0 Å². The van der Waals surface area contributed by atoms with Crippen molar-refractivity contribution in [3.63, 3.8) is 0 Å². The Bertz CT molecular complexity index is 168. The van der Waals surface area contributed by atoms with Crippen LogP contribution in [0, 0.1) is 5.92 Å². The molecule has 0 aliphatic carbocycles. The normalized spacial score (nSPS) is 18.7. The molecule has 0 amide bonds. The molecule has 1 fully saturated rings. The third-order valence-electron chi connectivity index (χ3n) is 3.64. The summed E-state index contributed by atoms with van der Waals surface area (Å²) >= 11 is 0. The van der Waals surface area contributed by atoms with E-state index in [-0.39, 0.29) is 0 Å². The van der Waals surface area contributed by atoms with E-state index < -0.39 is 0 Å². The van der Waals surface area contributed by atoms with E-state index in [0.717, 1.165) is 12.5 Å². The molecule has 0 unspecified atom stereocenters. The molecule has 0 spiro atoms. The average molecular weight is 242 g/mol. The number of piperidine rings is 1. The van der Waals surface area contributed by atoms with E-state index in [2.05, 4.69) is 17.1 Å². The molecule has 1 N–H and O–H groups in total. The monoisotopic (exact) mass is 242 g/mol. The van der Waals surface area contributed by atoms with Crippen molar-refractivity contribution in [3.8, 4) is 0 Å². The van der Waals surface area contributed by atoms with Gasteiger partial charge < -0.3 is 15.0 Å². The predicted octanol–water partition coefficient (Wildman–Crippen LogP) is 2.12. The maximum atomic E-state index is 5.08. The molecule has 17 heavy (non-hydrogen) atoms. The van der Waals surface area contributed by atoms with Gasteiger partial charge in [0.15, 0.2) is 0 Å². The molecule has 0 aromatic rings. The summed E-state index contributed by atoms with van der Waals surface area (Å²) in [6, 6.07) is 0. The van der Waals surface area contributed by atoms with Gasteiger partial charge in [-0.2, -0.15) is 0 Å². The molecular weight excluding hydrogens is 212 g/mol. The summed E-state index contributed by atoms with van der Waals surface area (Å²) in [4.78, 5) is 2.62. The number of nitrogens with zero attached hydrogens (tertiary/aromatic N) is 1. The summed E-state index contributed by atoms with van der Waals surface area (Å²) in [5.74, 6) is 0.914. The third-order valence-corrected chi connectivity index (χ3v) is 3.64. The second-order valence-corrected chi connectivity index (χ2v) is 5.19. The van der Waals surface area contributed by atoms with Gasteiger partial charge in [0.25, 0.3) is 0 Å². The molecular formula is C14H30N2O. The van der Waals surface area contributed by atoms with Gasteiger partial charge in [-0.1, -0.05) is 6.92 Å². The van der Waals surface area contributed by atoms with Crippen LogP contribution in [0.15, 0.2) is 0 Å². The van der Waals surface area contributed by atoms with E-state index in [1.54, 1.807) is 7.11 Å². The minimum Gasteiger partial charge on any atom is -0.385 e. The lowest BCUT2D eigenvalue weighted by atomic mass is 9.96. The van der Waals surface area contributed by atoms with Crippen LogP contribution in [0.3, 0.4) is 0 Å². The van der Waals surface area contributed by atoms with Crippen LogP contribution >= 0.6 is 0 Å². The number of rotatable bonds is 9. The number of likely N-dealkylation sites (tertiary alicyclic amines) is 1. The molecule has 1 heterocycles. The van der Waals surface area contributed by atoms with E-state index >= 15 is 0 Å². The quantitative estimate of drug-likeness (QED) is 0.627. The zero-order chi connectivity index (χ0) is 12.3. The van der Waals surface area contributed by atoms with Crippen molar-refractivity contribution < 1.29 is 4.74 Å². The van der Waals surface area contributed by atoms with Gasteiger partial charge in [0.2, 0.25) is 0 Å². The van der Waals surface area contributed by atoms with Gasteiger partial charge in [-0.25, -0.2) is 0 Å². The fourth-order valence-electron chi connectivity index (χ4n) is 2.48. The fourth-order valence-corrected chi connectivity index (χ4v) is 2.48.